The summed E-state index contributed by atoms with van der Waals surface area (Å²) < 4.78 is 0.984. The van der Waals surface area contributed by atoms with Crippen molar-refractivity contribution in [2.24, 2.45) is 0 Å². The molecule has 0 aliphatic rings. The molecule has 1 atom stereocenters. The number of hydrogen-bond donors (Lipinski definition) is 2. The molecule has 0 saturated heterocycles. The summed E-state index contributed by atoms with van der Waals surface area (Å²) in [6, 6.07) is 3.81. The first kappa shape index (κ1) is 15.1. The Labute approximate surface area is 131 Å². The minimum Gasteiger partial charge on any atom is -0.476 e. The summed E-state index contributed by atoms with van der Waals surface area (Å²) in [5, 5.41) is 13.6. The number of thiazole rings is 1. The van der Waals surface area contributed by atoms with Crippen LogP contribution in [0, 0.1) is 0 Å². The molecule has 2 aromatic heterocycles. The van der Waals surface area contributed by atoms with E-state index in [9.17, 15) is 9.59 Å². The van der Waals surface area contributed by atoms with Gasteiger partial charge in [-0.05, 0) is 35.0 Å². The number of aromatic carboxylic acids is 1. The third kappa shape index (κ3) is 3.65. The second-order valence-corrected chi connectivity index (χ2v) is 7.45. The van der Waals surface area contributed by atoms with E-state index in [0.717, 1.165) is 8.66 Å². The van der Waals surface area contributed by atoms with Crippen LogP contribution >= 0.6 is 38.6 Å². The van der Waals surface area contributed by atoms with Crippen molar-refractivity contribution in [3.63, 3.8) is 0 Å². The van der Waals surface area contributed by atoms with E-state index in [1.165, 1.54) is 28.1 Å². The Morgan fingerprint density at radius 1 is 1.50 bits per heavy atom. The number of carboxylic acid groups (broad SMARTS) is 1. The van der Waals surface area contributed by atoms with Crippen molar-refractivity contribution < 1.29 is 14.7 Å². The second kappa shape index (κ2) is 6.47. The fourth-order valence-electron chi connectivity index (χ4n) is 1.50. The lowest BCUT2D eigenvalue weighted by Gasteiger charge is -2.09. The quantitative estimate of drug-likeness (QED) is 0.842. The number of carboxylic acids is 1. The van der Waals surface area contributed by atoms with Gasteiger partial charge in [0, 0.05) is 10.3 Å². The Bertz CT molecular complexity index is 638. The summed E-state index contributed by atoms with van der Waals surface area (Å²) in [7, 11) is 0. The maximum atomic E-state index is 12.0. The molecule has 2 aromatic rings. The first-order chi connectivity index (χ1) is 9.47. The van der Waals surface area contributed by atoms with Crippen molar-refractivity contribution in [1.29, 1.82) is 0 Å². The minimum absolute atomic E-state index is 0.00878. The molecule has 0 aromatic carbocycles. The van der Waals surface area contributed by atoms with E-state index in [-0.39, 0.29) is 24.1 Å². The summed E-state index contributed by atoms with van der Waals surface area (Å²) >= 11 is 6.10. The number of carbonyl (C=O) groups is 2. The predicted octanol–water partition coefficient (Wildman–Crippen LogP) is 3.09. The van der Waals surface area contributed by atoms with Crippen molar-refractivity contribution in [2.75, 3.05) is 0 Å². The van der Waals surface area contributed by atoms with Gasteiger partial charge in [0.05, 0.1) is 16.2 Å². The molecule has 0 radical (unpaired) electrons. The van der Waals surface area contributed by atoms with Crippen molar-refractivity contribution >= 4 is 50.5 Å². The third-order valence-corrected chi connectivity index (χ3v) is 5.25. The molecule has 0 saturated carbocycles. The van der Waals surface area contributed by atoms with Gasteiger partial charge in [0.2, 0.25) is 5.91 Å². The first-order valence-electron chi connectivity index (χ1n) is 5.68. The highest BCUT2D eigenvalue weighted by Crippen LogP contribution is 2.28. The molecule has 2 N–H and O–H groups in total. The highest BCUT2D eigenvalue weighted by atomic mass is 79.9. The zero-order valence-corrected chi connectivity index (χ0v) is 13.6. The molecule has 5 nitrogen and oxygen atoms in total. The van der Waals surface area contributed by atoms with Gasteiger partial charge in [-0.1, -0.05) is 0 Å². The van der Waals surface area contributed by atoms with Crippen molar-refractivity contribution in [3.05, 3.63) is 36.9 Å². The molecule has 0 spiro atoms. The van der Waals surface area contributed by atoms with Crippen LogP contribution in [-0.4, -0.2) is 22.0 Å². The molecular weight excluding hydrogens is 364 g/mol. The minimum atomic E-state index is -1.06. The van der Waals surface area contributed by atoms with Crippen molar-refractivity contribution in [2.45, 2.75) is 19.4 Å². The molecule has 1 amide bonds. The van der Waals surface area contributed by atoms with Crippen LogP contribution < -0.4 is 5.32 Å². The van der Waals surface area contributed by atoms with Gasteiger partial charge in [0.1, 0.15) is 5.01 Å². The van der Waals surface area contributed by atoms with Crippen LogP contribution in [0.3, 0.4) is 0 Å². The number of rotatable bonds is 5. The topological polar surface area (TPSA) is 79.3 Å². The Morgan fingerprint density at radius 2 is 2.25 bits per heavy atom. The Balaban J connectivity index is 1.92. The maximum absolute atomic E-state index is 12.0. The third-order valence-electron chi connectivity index (χ3n) is 2.60. The molecule has 8 heteroatoms. The standard InChI is InChI=1S/C12H11BrN2O3S2/c1-6(8-2-3-9(13)20-8)11(16)14-4-10-15-7(5-19-10)12(17)18/h2-3,5-6H,4H2,1H3,(H,14,16)(H,17,18). The van der Waals surface area contributed by atoms with Gasteiger partial charge in [0.25, 0.3) is 0 Å². The zero-order valence-electron chi connectivity index (χ0n) is 10.4. The van der Waals surface area contributed by atoms with E-state index in [1.54, 1.807) is 0 Å². The molecular formula is C12H11BrN2O3S2. The van der Waals surface area contributed by atoms with Crippen LogP contribution in [0.4, 0.5) is 0 Å². The molecule has 106 valence electrons. The highest BCUT2D eigenvalue weighted by Gasteiger charge is 2.17. The van der Waals surface area contributed by atoms with E-state index in [2.05, 4.69) is 26.2 Å². The van der Waals surface area contributed by atoms with Crippen LogP contribution in [0.15, 0.2) is 21.3 Å². The summed E-state index contributed by atoms with van der Waals surface area (Å²) in [5.41, 5.74) is 0.00878. The molecule has 2 heterocycles. The maximum Gasteiger partial charge on any atom is 0.355 e. The fourth-order valence-corrected chi connectivity index (χ4v) is 3.68. The lowest BCUT2D eigenvalue weighted by Crippen LogP contribution is -2.27. The van der Waals surface area contributed by atoms with Gasteiger partial charge in [-0.2, -0.15) is 0 Å². The normalized spacial score (nSPS) is 12.1. The summed E-state index contributed by atoms with van der Waals surface area (Å²) in [5.74, 6) is -1.41. The SMILES string of the molecule is CC(C(=O)NCc1nc(C(=O)O)cs1)c1ccc(Br)s1. The lowest BCUT2D eigenvalue weighted by molar-refractivity contribution is -0.122. The van der Waals surface area contributed by atoms with E-state index >= 15 is 0 Å². The fraction of sp³-hybridized carbons (Fsp3) is 0.250. The number of nitrogens with zero attached hydrogens (tertiary/aromatic N) is 1. The van der Waals surface area contributed by atoms with Gasteiger partial charge in [-0.3, -0.25) is 4.79 Å². The molecule has 20 heavy (non-hydrogen) atoms. The number of amides is 1. The zero-order chi connectivity index (χ0) is 14.7. The average molecular weight is 375 g/mol. The van der Waals surface area contributed by atoms with Crippen LogP contribution in [0.5, 0.6) is 0 Å². The number of nitrogens with one attached hydrogen (secondary N) is 1. The molecule has 1 unspecified atom stereocenters. The van der Waals surface area contributed by atoms with Gasteiger partial charge in [-0.25, -0.2) is 9.78 Å². The van der Waals surface area contributed by atoms with E-state index in [4.69, 9.17) is 5.11 Å². The molecule has 2 rings (SSSR count). The summed E-state index contributed by atoms with van der Waals surface area (Å²) in [6.45, 7) is 2.08. The monoisotopic (exact) mass is 374 g/mol. The average Bonchev–Trinajstić information content (AvgIpc) is 3.03. The molecule has 0 bridgehead atoms. The number of hydrogen-bond acceptors (Lipinski definition) is 5. The van der Waals surface area contributed by atoms with E-state index in [1.807, 2.05) is 19.1 Å². The number of halogens is 1. The Morgan fingerprint density at radius 3 is 2.80 bits per heavy atom. The van der Waals surface area contributed by atoms with Crippen molar-refractivity contribution in [3.8, 4) is 0 Å². The van der Waals surface area contributed by atoms with Crippen LogP contribution in [-0.2, 0) is 11.3 Å². The van der Waals surface area contributed by atoms with Crippen molar-refractivity contribution in [1.82, 2.24) is 10.3 Å². The Kier molecular flexibility index (Phi) is 4.90. The van der Waals surface area contributed by atoms with E-state index in [0.29, 0.717) is 5.01 Å². The molecule has 0 aliphatic heterocycles. The second-order valence-electron chi connectivity index (χ2n) is 4.01. The number of thiophene rings is 1. The van der Waals surface area contributed by atoms with Gasteiger partial charge >= 0.3 is 5.97 Å². The summed E-state index contributed by atoms with van der Waals surface area (Å²) in [6.07, 6.45) is 0. The summed E-state index contributed by atoms with van der Waals surface area (Å²) in [4.78, 5) is 27.6. The van der Waals surface area contributed by atoms with Crippen LogP contribution in [0.2, 0.25) is 0 Å². The van der Waals surface area contributed by atoms with Gasteiger partial charge < -0.3 is 10.4 Å². The van der Waals surface area contributed by atoms with Crippen LogP contribution in [0.1, 0.15) is 33.2 Å². The Hall–Kier alpha value is -1.25. The van der Waals surface area contributed by atoms with E-state index < -0.39 is 5.97 Å². The number of aromatic nitrogens is 1. The lowest BCUT2D eigenvalue weighted by atomic mass is 10.1. The first-order valence-corrected chi connectivity index (χ1v) is 8.17. The molecule has 0 aliphatic carbocycles. The smallest absolute Gasteiger partial charge is 0.355 e. The largest absolute Gasteiger partial charge is 0.476 e. The van der Waals surface area contributed by atoms with Gasteiger partial charge in [0.15, 0.2) is 5.69 Å². The predicted molar refractivity (Wildman–Crippen MR) is 81.4 cm³/mol. The van der Waals surface area contributed by atoms with Crippen LogP contribution in [0.25, 0.3) is 0 Å². The number of carbonyl (C=O) groups excluding carboxylic acids is 1. The molecule has 0 fully saturated rings. The van der Waals surface area contributed by atoms with Gasteiger partial charge in [-0.15, -0.1) is 22.7 Å². The highest BCUT2D eigenvalue weighted by molar-refractivity contribution is 9.11.